The zero-order valence-electron chi connectivity index (χ0n) is 8.03. The summed E-state index contributed by atoms with van der Waals surface area (Å²) in [4.78, 5) is 0. The van der Waals surface area contributed by atoms with Crippen LogP contribution in [0.2, 0.25) is 0 Å². The van der Waals surface area contributed by atoms with Gasteiger partial charge in [-0.3, -0.25) is 0 Å². The molecule has 3 N–H and O–H groups in total. The lowest BCUT2D eigenvalue weighted by atomic mass is 9.98. The fraction of sp³-hybridized carbons (Fsp3) is 0.455. The van der Waals surface area contributed by atoms with Gasteiger partial charge in [0.15, 0.2) is 0 Å². The van der Waals surface area contributed by atoms with E-state index in [0.717, 1.165) is 19.4 Å². The first-order chi connectivity index (χ1) is 6.22. The maximum atomic E-state index is 9.23. The van der Waals surface area contributed by atoms with Crippen molar-refractivity contribution >= 4 is 0 Å². The molecule has 0 fully saturated rings. The number of aromatic hydroxyl groups is 1. The minimum absolute atomic E-state index is 0.345. The molecule has 0 spiro atoms. The molecule has 0 bridgehead atoms. The second kappa shape index (κ2) is 4.87. The van der Waals surface area contributed by atoms with Gasteiger partial charge in [0.05, 0.1) is 0 Å². The van der Waals surface area contributed by atoms with Crippen molar-refractivity contribution in [2.24, 2.45) is 11.7 Å². The summed E-state index contributed by atoms with van der Waals surface area (Å²) < 4.78 is 0. The van der Waals surface area contributed by atoms with Crippen molar-refractivity contribution in [2.75, 3.05) is 6.54 Å². The third kappa shape index (κ3) is 3.47. The topological polar surface area (TPSA) is 46.2 Å². The van der Waals surface area contributed by atoms with Gasteiger partial charge >= 0.3 is 0 Å². The summed E-state index contributed by atoms with van der Waals surface area (Å²) in [5.74, 6) is 0.934. The summed E-state index contributed by atoms with van der Waals surface area (Å²) in [5.41, 5.74) is 6.65. The average molecular weight is 179 g/mol. The zero-order chi connectivity index (χ0) is 9.68. The fourth-order valence-electron chi connectivity index (χ4n) is 1.47. The zero-order valence-corrected chi connectivity index (χ0v) is 8.03. The molecule has 0 saturated carbocycles. The van der Waals surface area contributed by atoms with E-state index < -0.39 is 0 Å². The predicted octanol–water partition coefficient (Wildman–Crippen LogP) is 1.92. The van der Waals surface area contributed by atoms with Crippen LogP contribution in [0.25, 0.3) is 0 Å². The average Bonchev–Trinajstić information content (AvgIpc) is 2.04. The molecule has 1 unspecified atom stereocenters. The molecule has 0 aliphatic carbocycles. The highest BCUT2D eigenvalue weighted by molar-refractivity contribution is 5.27. The van der Waals surface area contributed by atoms with Gasteiger partial charge in [-0.1, -0.05) is 19.1 Å². The Labute approximate surface area is 79.4 Å². The normalized spacial score (nSPS) is 12.8. The summed E-state index contributed by atoms with van der Waals surface area (Å²) in [7, 11) is 0. The second-order valence-corrected chi connectivity index (χ2v) is 3.56. The van der Waals surface area contributed by atoms with Crippen molar-refractivity contribution in [3.63, 3.8) is 0 Å². The van der Waals surface area contributed by atoms with Crippen LogP contribution in [0.4, 0.5) is 0 Å². The Morgan fingerprint density at radius 1 is 1.46 bits per heavy atom. The SMILES string of the molecule is CC(CCN)Cc1cccc(O)c1. The number of rotatable bonds is 4. The molecule has 1 rings (SSSR count). The van der Waals surface area contributed by atoms with Gasteiger partial charge in [0, 0.05) is 0 Å². The Kier molecular flexibility index (Phi) is 3.77. The third-order valence-corrected chi connectivity index (χ3v) is 2.15. The van der Waals surface area contributed by atoms with E-state index in [2.05, 4.69) is 6.92 Å². The van der Waals surface area contributed by atoms with Gasteiger partial charge in [-0.25, -0.2) is 0 Å². The van der Waals surface area contributed by atoms with Crippen LogP contribution in [0.15, 0.2) is 24.3 Å². The molecular formula is C11H17NO. The summed E-state index contributed by atoms with van der Waals surface area (Å²) >= 11 is 0. The molecular weight excluding hydrogens is 162 g/mol. The van der Waals surface area contributed by atoms with Crippen LogP contribution in [-0.2, 0) is 6.42 Å². The molecule has 0 amide bonds. The number of phenols is 1. The van der Waals surface area contributed by atoms with Crippen molar-refractivity contribution in [2.45, 2.75) is 19.8 Å². The largest absolute Gasteiger partial charge is 0.508 e. The summed E-state index contributed by atoms with van der Waals surface area (Å²) in [6.45, 7) is 2.91. The van der Waals surface area contributed by atoms with Crippen molar-refractivity contribution < 1.29 is 5.11 Å². The first-order valence-electron chi connectivity index (χ1n) is 4.70. The number of hydrogen-bond acceptors (Lipinski definition) is 2. The van der Waals surface area contributed by atoms with Gasteiger partial charge in [0.1, 0.15) is 5.75 Å². The highest BCUT2D eigenvalue weighted by atomic mass is 16.3. The number of nitrogens with two attached hydrogens (primary N) is 1. The minimum Gasteiger partial charge on any atom is -0.508 e. The van der Waals surface area contributed by atoms with Crippen LogP contribution in [0, 0.1) is 5.92 Å². The van der Waals surface area contributed by atoms with E-state index in [9.17, 15) is 5.11 Å². The van der Waals surface area contributed by atoms with Crippen molar-refractivity contribution in [1.29, 1.82) is 0 Å². The third-order valence-electron chi connectivity index (χ3n) is 2.15. The lowest BCUT2D eigenvalue weighted by Crippen LogP contribution is -2.07. The molecule has 13 heavy (non-hydrogen) atoms. The molecule has 0 heterocycles. The molecule has 1 aromatic carbocycles. The van der Waals surface area contributed by atoms with Gasteiger partial charge in [-0.15, -0.1) is 0 Å². The van der Waals surface area contributed by atoms with E-state index >= 15 is 0 Å². The maximum absolute atomic E-state index is 9.23. The van der Waals surface area contributed by atoms with Crippen molar-refractivity contribution in [1.82, 2.24) is 0 Å². The standard InChI is InChI=1S/C11H17NO/c1-9(5-6-12)7-10-3-2-4-11(13)8-10/h2-4,8-9,13H,5-7,12H2,1H3. The Balaban J connectivity index is 2.53. The first kappa shape index (κ1) is 10.1. The van der Waals surface area contributed by atoms with E-state index in [1.165, 1.54) is 5.56 Å². The second-order valence-electron chi connectivity index (χ2n) is 3.56. The van der Waals surface area contributed by atoms with Crippen LogP contribution in [-0.4, -0.2) is 11.7 Å². The van der Waals surface area contributed by atoms with Gasteiger partial charge in [-0.2, -0.15) is 0 Å². The molecule has 0 aromatic heterocycles. The Morgan fingerprint density at radius 3 is 2.85 bits per heavy atom. The van der Waals surface area contributed by atoms with E-state index in [1.807, 2.05) is 18.2 Å². The number of hydrogen-bond donors (Lipinski definition) is 2. The minimum atomic E-state index is 0.345. The first-order valence-corrected chi connectivity index (χ1v) is 4.70. The van der Waals surface area contributed by atoms with Gasteiger partial charge < -0.3 is 10.8 Å². The molecule has 0 aliphatic rings. The van der Waals surface area contributed by atoms with Gasteiger partial charge in [-0.05, 0) is 43.0 Å². The van der Waals surface area contributed by atoms with Crippen LogP contribution < -0.4 is 5.73 Å². The fourth-order valence-corrected chi connectivity index (χ4v) is 1.47. The molecule has 2 nitrogen and oxygen atoms in total. The summed E-state index contributed by atoms with van der Waals surface area (Å²) in [6, 6.07) is 7.41. The Hall–Kier alpha value is -1.02. The summed E-state index contributed by atoms with van der Waals surface area (Å²) in [6.07, 6.45) is 2.03. The summed E-state index contributed by atoms with van der Waals surface area (Å²) in [5, 5.41) is 9.23. The molecule has 0 aliphatic heterocycles. The van der Waals surface area contributed by atoms with E-state index in [0.29, 0.717) is 11.7 Å². The molecule has 1 aromatic rings. The number of phenolic OH excluding ortho intramolecular Hbond substituents is 1. The van der Waals surface area contributed by atoms with Crippen molar-refractivity contribution in [3.8, 4) is 5.75 Å². The molecule has 0 radical (unpaired) electrons. The van der Waals surface area contributed by atoms with E-state index in [4.69, 9.17) is 5.73 Å². The highest BCUT2D eigenvalue weighted by Crippen LogP contribution is 2.15. The highest BCUT2D eigenvalue weighted by Gasteiger charge is 2.02. The van der Waals surface area contributed by atoms with Crippen LogP contribution >= 0.6 is 0 Å². The number of benzene rings is 1. The molecule has 2 heteroatoms. The molecule has 72 valence electrons. The lowest BCUT2D eigenvalue weighted by Gasteiger charge is -2.09. The Morgan fingerprint density at radius 2 is 2.23 bits per heavy atom. The predicted molar refractivity (Wildman–Crippen MR) is 54.6 cm³/mol. The monoisotopic (exact) mass is 179 g/mol. The molecule has 1 atom stereocenters. The van der Waals surface area contributed by atoms with E-state index in [-0.39, 0.29) is 0 Å². The van der Waals surface area contributed by atoms with Crippen LogP contribution in [0.5, 0.6) is 5.75 Å². The maximum Gasteiger partial charge on any atom is 0.115 e. The lowest BCUT2D eigenvalue weighted by molar-refractivity contribution is 0.472. The van der Waals surface area contributed by atoms with Crippen LogP contribution in [0.3, 0.4) is 0 Å². The van der Waals surface area contributed by atoms with E-state index in [1.54, 1.807) is 6.07 Å². The van der Waals surface area contributed by atoms with Gasteiger partial charge in [0.25, 0.3) is 0 Å². The van der Waals surface area contributed by atoms with Crippen LogP contribution in [0.1, 0.15) is 18.9 Å². The van der Waals surface area contributed by atoms with Gasteiger partial charge in [0.2, 0.25) is 0 Å². The smallest absolute Gasteiger partial charge is 0.115 e. The quantitative estimate of drug-likeness (QED) is 0.741. The van der Waals surface area contributed by atoms with Crippen molar-refractivity contribution in [3.05, 3.63) is 29.8 Å². The molecule has 0 saturated heterocycles. The Bertz CT molecular complexity index is 260.